The molecule has 0 unspecified atom stereocenters. The van der Waals surface area contributed by atoms with Gasteiger partial charge in [0.25, 0.3) is 5.91 Å². The number of benzene rings is 2. The Kier molecular flexibility index (Phi) is 4.11. The third-order valence-corrected chi connectivity index (χ3v) is 5.46. The van der Waals surface area contributed by atoms with Crippen LogP contribution in [0.1, 0.15) is 31.8 Å². The number of amides is 1. The fraction of sp³-hybridized carbons (Fsp3) is 0.176. The molecule has 0 fully saturated rings. The maximum atomic E-state index is 12.6. The maximum Gasteiger partial charge on any atom is 0.337 e. The van der Waals surface area contributed by atoms with E-state index in [1.54, 1.807) is 42.5 Å². The molecule has 0 atom stereocenters. The van der Waals surface area contributed by atoms with Gasteiger partial charge < -0.3 is 4.74 Å². The van der Waals surface area contributed by atoms with Crippen molar-refractivity contribution in [2.24, 2.45) is 0 Å². The number of fused-ring (bicyclic) bond motifs is 1. The molecule has 1 amide bonds. The zero-order chi connectivity index (χ0) is 17.3. The van der Waals surface area contributed by atoms with Crippen LogP contribution < -0.4 is 0 Å². The van der Waals surface area contributed by atoms with E-state index < -0.39 is 21.9 Å². The van der Waals surface area contributed by atoms with Gasteiger partial charge >= 0.3 is 5.97 Å². The number of ether oxygens (including phenoxy) is 1. The van der Waals surface area contributed by atoms with Gasteiger partial charge in [-0.1, -0.05) is 30.3 Å². The molecule has 1 aliphatic rings. The first-order valence-corrected chi connectivity index (χ1v) is 8.83. The standard InChI is InChI=1S/C17H15NO5S/c1-23-17(20)13-7-4-5-12(9-13)10-18-16(19)15-8-3-2-6-14(15)11-24(18,21)22/h2-9H,10-11H2,1H3. The lowest BCUT2D eigenvalue weighted by atomic mass is 10.1. The summed E-state index contributed by atoms with van der Waals surface area (Å²) in [6, 6.07) is 13.0. The average Bonchev–Trinajstić information content (AvgIpc) is 2.58. The number of rotatable bonds is 3. The summed E-state index contributed by atoms with van der Waals surface area (Å²) in [6.07, 6.45) is 0. The van der Waals surface area contributed by atoms with Crippen LogP contribution in [0.15, 0.2) is 48.5 Å². The fourth-order valence-corrected chi connectivity index (χ4v) is 4.14. The first-order chi connectivity index (χ1) is 11.4. The van der Waals surface area contributed by atoms with Crippen molar-refractivity contribution in [2.75, 3.05) is 7.11 Å². The number of esters is 1. The van der Waals surface area contributed by atoms with E-state index in [0.29, 0.717) is 22.3 Å². The Labute approximate surface area is 139 Å². The molecule has 0 saturated heterocycles. The minimum Gasteiger partial charge on any atom is -0.465 e. The summed E-state index contributed by atoms with van der Waals surface area (Å²) in [4.78, 5) is 24.2. The van der Waals surface area contributed by atoms with Crippen LogP contribution in [0.2, 0.25) is 0 Å². The van der Waals surface area contributed by atoms with Crippen molar-refractivity contribution in [3.8, 4) is 0 Å². The van der Waals surface area contributed by atoms with Crippen molar-refractivity contribution >= 4 is 21.9 Å². The van der Waals surface area contributed by atoms with E-state index in [-0.39, 0.29) is 12.3 Å². The zero-order valence-corrected chi connectivity index (χ0v) is 13.7. The summed E-state index contributed by atoms with van der Waals surface area (Å²) in [5.74, 6) is -1.29. The van der Waals surface area contributed by atoms with E-state index in [2.05, 4.69) is 4.74 Å². The molecule has 0 N–H and O–H groups in total. The molecule has 3 rings (SSSR count). The summed E-state index contributed by atoms with van der Waals surface area (Å²) < 4.78 is 30.4. The predicted molar refractivity (Wildman–Crippen MR) is 86.7 cm³/mol. The highest BCUT2D eigenvalue weighted by Crippen LogP contribution is 2.26. The molecule has 0 radical (unpaired) electrons. The SMILES string of the molecule is COC(=O)c1cccc(CN2C(=O)c3ccccc3CS2(=O)=O)c1. The largest absolute Gasteiger partial charge is 0.465 e. The second-order valence-electron chi connectivity index (χ2n) is 5.42. The lowest BCUT2D eigenvalue weighted by molar-refractivity contribution is 0.0600. The Balaban J connectivity index is 1.95. The van der Waals surface area contributed by atoms with Crippen molar-refractivity contribution in [3.05, 3.63) is 70.8 Å². The number of carbonyl (C=O) groups is 2. The van der Waals surface area contributed by atoms with Gasteiger partial charge in [-0.25, -0.2) is 17.5 Å². The molecule has 7 heteroatoms. The summed E-state index contributed by atoms with van der Waals surface area (Å²) >= 11 is 0. The van der Waals surface area contributed by atoms with Gasteiger partial charge in [-0.2, -0.15) is 0 Å². The molecular formula is C17H15NO5S. The molecule has 1 heterocycles. The summed E-state index contributed by atoms with van der Waals surface area (Å²) in [7, 11) is -2.49. The molecule has 2 aromatic rings. The van der Waals surface area contributed by atoms with E-state index >= 15 is 0 Å². The minimum atomic E-state index is -3.76. The van der Waals surface area contributed by atoms with Crippen LogP contribution in [-0.2, 0) is 27.1 Å². The molecule has 24 heavy (non-hydrogen) atoms. The first-order valence-electron chi connectivity index (χ1n) is 7.22. The summed E-state index contributed by atoms with van der Waals surface area (Å²) in [6.45, 7) is -0.125. The number of hydrogen-bond donors (Lipinski definition) is 0. The summed E-state index contributed by atoms with van der Waals surface area (Å²) in [5, 5.41) is 0. The average molecular weight is 345 g/mol. The number of nitrogens with zero attached hydrogens (tertiary/aromatic N) is 1. The van der Waals surface area contributed by atoms with Gasteiger partial charge in [0, 0.05) is 5.56 Å². The van der Waals surface area contributed by atoms with Gasteiger partial charge in [0.15, 0.2) is 0 Å². The molecule has 0 bridgehead atoms. The summed E-state index contributed by atoms with van der Waals surface area (Å²) in [5.41, 5.74) is 1.73. The smallest absolute Gasteiger partial charge is 0.337 e. The van der Waals surface area contributed by atoms with Gasteiger partial charge in [0.2, 0.25) is 10.0 Å². The van der Waals surface area contributed by atoms with Gasteiger partial charge in [0.05, 0.1) is 25.0 Å². The molecule has 0 aromatic heterocycles. The Morgan fingerprint density at radius 2 is 1.92 bits per heavy atom. The van der Waals surface area contributed by atoms with Crippen molar-refractivity contribution in [1.82, 2.24) is 4.31 Å². The molecule has 0 aliphatic carbocycles. The second-order valence-corrected chi connectivity index (χ2v) is 7.31. The highest BCUT2D eigenvalue weighted by molar-refractivity contribution is 7.89. The fourth-order valence-electron chi connectivity index (χ4n) is 2.64. The number of methoxy groups -OCH3 is 1. The van der Waals surface area contributed by atoms with Crippen molar-refractivity contribution < 1.29 is 22.7 Å². The van der Waals surface area contributed by atoms with E-state index in [0.717, 1.165) is 4.31 Å². The Hall–Kier alpha value is -2.67. The van der Waals surface area contributed by atoms with Gasteiger partial charge in [0.1, 0.15) is 0 Å². The highest BCUT2D eigenvalue weighted by atomic mass is 32.2. The van der Waals surface area contributed by atoms with Gasteiger partial charge in [-0.3, -0.25) is 4.79 Å². The van der Waals surface area contributed by atoms with Gasteiger partial charge in [-0.15, -0.1) is 0 Å². The van der Waals surface area contributed by atoms with Crippen LogP contribution in [0.5, 0.6) is 0 Å². The normalized spacial score (nSPS) is 15.7. The zero-order valence-electron chi connectivity index (χ0n) is 12.9. The highest BCUT2D eigenvalue weighted by Gasteiger charge is 2.35. The molecule has 2 aromatic carbocycles. The van der Waals surface area contributed by atoms with E-state index in [9.17, 15) is 18.0 Å². The third kappa shape index (κ3) is 2.90. The van der Waals surface area contributed by atoms with Crippen LogP contribution in [0.3, 0.4) is 0 Å². The van der Waals surface area contributed by atoms with Crippen LogP contribution in [0.25, 0.3) is 0 Å². The Bertz CT molecular complexity index is 920. The van der Waals surface area contributed by atoms with Crippen LogP contribution >= 0.6 is 0 Å². The molecular weight excluding hydrogens is 330 g/mol. The lowest BCUT2D eigenvalue weighted by Gasteiger charge is -2.28. The van der Waals surface area contributed by atoms with E-state index in [1.165, 1.54) is 13.2 Å². The quantitative estimate of drug-likeness (QED) is 0.795. The second kappa shape index (κ2) is 6.09. The van der Waals surface area contributed by atoms with Crippen molar-refractivity contribution in [2.45, 2.75) is 12.3 Å². The predicted octanol–water partition coefficient (Wildman–Crippen LogP) is 1.96. The van der Waals surface area contributed by atoms with Gasteiger partial charge in [-0.05, 0) is 29.3 Å². The molecule has 1 aliphatic heterocycles. The van der Waals surface area contributed by atoms with E-state index in [1.807, 2.05) is 0 Å². The van der Waals surface area contributed by atoms with Crippen LogP contribution in [0, 0.1) is 0 Å². The molecule has 0 spiro atoms. The van der Waals surface area contributed by atoms with Crippen LogP contribution in [-0.4, -0.2) is 31.7 Å². The monoisotopic (exact) mass is 345 g/mol. The molecule has 0 saturated carbocycles. The number of carbonyl (C=O) groups excluding carboxylic acids is 2. The Morgan fingerprint density at radius 3 is 2.67 bits per heavy atom. The molecule has 124 valence electrons. The third-order valence-electron chi connectivity index (χ3n) is 3.82. The Morgan fingerprint density at radius 1 is 1.17 bits per heavy atom. The van der Waals surface area contributed by atoms with E-state index in [4.69, 9.17) is 0 Å². The minimum absolute atomic E-state index is 0.125. The van der Waals surface area contributed by atoms with Crippen molar-refractivity contribution in [1.29, 1.82) is 0 Å². The number of hydrogen-bond acceptors (Lipinski definition) is 5. The van der Waals surface area contributed by atoms with Crippen LogP contribution in [0.4, 0.5) is 0 Å². The number of sulfonamides is 1. The van der Waals surface area contributed by atoms with Crippen molar-refractivity contribution in [3.63, 3.8) is 0 Å². The topological polar surface area (TPSA) is 80.8 Å². The maximum absolute atomic E-state index is 12.6. The molecule has 6 nitrogen and oxygen atoms in total. The lowest BCUT2D eigenvalue weighted by Crippen LogP contribution is -2.41. The first kappa shape index (κ1) is 16.2.